The number of hydrogen-bond acceptors (Lipinski definition) is 2. The highest BCUT2D eigenvalue weighted by Crippen LogP contribution is 2.00. The molecule has 0 amide bonds. The van der Waals surface area contributed by atoms with Gasteiger partial charge in [0, 0.05) is 5.69 Å². The van der Waals surface area contributed by atoms with Gasteiger partial charge in [-0.1, -0.05) is 18.2 Å². The molecule has 0 aliphatic rings. The van der Waals surface area contributed by atoms with Crippen LogP contribution in [0.15, 0.2) is 30.3 Å². The molecule has 1 rings (SSSR count). The van der Waals surface area contributed by atoms with Gasteiger partial charge in [0.05, 0.1) is 1.37 Å². The van der Waals surface area contributed by atoms with Gasteiger partial charge in [0.25, 0.3) is 0 Å². The lowest BCUT2D eigenvalue weighted by Gasteiger charge is -1.94. The highest BCUT2D eigenvalue weighted by molar-refractivity contribution is 5.40. The summed E-state index contributed by atoms with van der Waals surface area (Å²) in [5.41, 5.74) is 3.30. The second-order valence-corrected chi connectivity index (χ2v) is 1.43. The first kappa shape index (κ1) is 3.92. The second-order valence-electron chi connectivity index (χ2n) is 1.43. The van der Waals surface area contributed by atoms with Crippen LogP contribution in [0.5, 0.6) is 0 Å². The molecule has 0 aliphatic heterocycles. The summed E-state index contributed by atoms with van der Waals surface area (Å²) in [4.78, 5) is 0. The topological polar surface area (TPSA) is 38.0 Å². The number of nitrogens with two attached hydrogens (primary N) is 1. The summed E-state index contributed by atoms with van der Waals surface area (Å²) < 4.78 is 7.10. The van der Waals surface area contributed by atoms with Crippen molar-refractivity contribution in [1.29, 1.82) is 0 Å². The van der Waals surface area contributed by atoms with E-state index in [0.29, 0.717) is 6.04 Å². The van der Waals surface area contributed by atoms with Crippen LogP contribution in [0, 0.1) is 0 Å². The van der Waals surface area contributed by atoms with E-state index in [1.165, 1.54) is 0 Å². The van der Waals surface area contributed by atoms with Crippen molar-refractivity contribution >= 4 is 5.69 Å². The summed E-state index contributed by atoms with van der Waals surface area (Å²) in [6.45, 7) is 0. The van der Waals surface area contributed by atoms with Crippen molar-refractivity contribution in [2.75, 3.05) is 5.43 Å². The van der Waals surface area contributed by atoms with E-state index in [2.05, 4.69) is 5.43 Å². The zero-order valence-electron chi connectivity index (χ0n) is 5.39. The largest absolute Gasteiger partial charge is 0.324 e. The van der Waals surface area contributed by atoms with E-state index in [9.17, 15) is 0 Å². The third-order valence-electron chi connectivity index (χ3n) is 0.885. The molecule has 0 heterocycles. The normalized spacial score (nSPS) is 10.4. The molecule has 0 bridgehead atoms. The van der Waals surface area contributed by atoms with E-state index in [1.54, 1.807) is 24.3 Å². The van der Waals surface area contributed by atoms with Crippen LogP contribution in [0.3, 0.4) is 0 Å². The number of hydrazine groups is 1. The minimum Gasteiger partial charge on any atom is -0.324 e. The van der Waals surface area contributed by atoms with Gasteiger partial charge in [0.2, 0.25) is 0 Å². The number of hydrogen-bond donors (Lipinski definition) is 2. The summed E-state index contributed by atoms with van der Waals surface area (Å²) in [6.07, 6.45) is 0. The molecule has 3 N–H and O–H groups in total. The molecule has 8 heavy (non-hydrogen) atoms. The molecule has 0 fully saturated rings. The lowest BCUT2D eigenvalue weighted by Crippen LogP contribution is -2.05. The van der Waals surface area contributed by atoms with Gasteiger partial charge in [-0.15, -0.1) is 0 Å². The predicted octanol–water partition coefficient (Wildman–Crippen LogP) is 0.972. The Morgan fingerprint density at radius 3 is 2.62 bits per heavy atom. The van der Waals surface area contributed by atoms with Gasteiger partial charge in [-0.3, -0.25) is 5.84 Å². The third kappa shape index (κ3) is 0.978. The van der Waals surface area contributed by atoms with Crippen molar-refractivity contribution in [1.82, 2.24) is 0 Å². The predicted molar refractivity (Wildman–Crippen MR) is 34.3 cm³/mol. The maximum Gasteiger partial charge on any atom is 0.0623 e. The molecule has 0 atom stereocenters. The first-order valence-electron chi connectivity index (χ1n) is 2.86. The monoisotopic (exact) mass is 109 g/mol. The van der Waals surface area contributed by atoms with Crippen LogP contribution in [0.1, 0.15) is 1.37 Å². The number of nitrogen functional groups attached to an aromatic ring is 1. The molecule has 0 aromatic heterocycles. The van der Waals surface area contributed by atoms with E-state index in [1.807, 2.05) is 0 Å². The highest BCUT2D eigenvalue weighted by atomic mass is 15.2. The van der Waals surface area contributed by atoms with Gasteiger partial charge in [0.15, 0.2) is 0 Å². The van der Waals surface area contributed by atoms with E-state index in [-0.39, 0.29) is 0 Å². The Balaban J connectivity index is 2.88. The summed E-state index contributed by atoms with van der Waals surface area (Å²) in [5, 5.41) is 0. The molecule has 42 valence electrons. The van der Waals surface area contributed by atoms with Crippen LogP contribution in [0.2, 0.25) is 0 Å². The minimum absolute atomic E-state index is 0.494. The fraction of sp³-hybridized carbons (Fsp3) is 0. The maximum absolute atomic E-state index is 7.10. The van der Waals surface area contributed by atoms with Crippen LogP contribution in [0.4, 0.5) is 5.69 Å². The van der Waals surface area contributed by atoms with E-state index >= 15 is 0 Å². The molecule has 0 saturated heterocycles. The number of nitrogens with one attached hydrogen (secondary N) is 1. The number of para-hydroxylation sites is 1. The summed E-state index contributed by atoms with van der Waals surface area (Å²) in [6, 6.07) is 7.35. The van der Waals surface area contributed by atoms with Crippen LogP contribution >= 0.6 is 0 Å². The lowest BCUT2D eigenvalue weighted by atomic mass is 10.3. The Hall–Kier alpha value is -1.02. The van der Waals surface area contributed by atoms with Crippen molar-refractivity contribution in [3.63, 3.8) is 0 Å². The molecule has 2 nitrogen and oxygen atoms in total. The highest BCUT2D eigenvalue weighted by Gasteiger charge is 1.78. The van der Waals surface area contributed by atoms with Gasteiger partial charge >= 0.3 is 0 Å². The third-order valence-corrected chi connectivity index (χ3v) is 0.885. The van der Waals surface area contributed by atoms with Crippen LogP contribution in [-0.4, -0.2) is 0 Å². The summed E-state index contributed by atoms with van der Waals surface area (Å²) in [5.74, 6) is 5.09. The molecule has 0 saturated carbocycles. The van der Waals surface area contributed by atoms with Gasteiger partial charge in [0.1, 0.15) is 0 Å². The van der Waals surface area contributed by atoms with Crippen molar-refractivity contribution in [2.45, 2.75) is 0 Å². The lowest BCUT2D eigenvalue weighted by molar-refractivity contribution is 1.35. The van der Waals surface area contributed by atoms with Crippen LogP contribution < -0.4 is 11.3 Å². The molecule has 1 aromatic carbocycles. The Morgan fingerprint density at radius 1 is 1.50 bits per heavy atom. The SMILES string of the molecule is [2H]c1ccc(NN)cc1. The Morgan fingerprint density at radius 2 is 2.12 bits per heavy atom. The zero-order valence-corrected chi connectivity index (χ0v) is 4.39. The van der Waals surface area contributed by atoms with Crippen molar-refractivity contribution in [2.24, 2.45) is 5.84 Å². The molecule has 0 unspecified atom stereocenters. The maximum atomic E-state index is 7.10. The van der Waals surface area contributed by atoms with Crippen LogP contribution in [0.25, 0.3) is 0 Å². The van der Waals surface area contributed by atoms with Crippen molar-refractivity contribution < 1.29 is 1.37 Å². The van der Waals surface area contributed by atoms with E-state index < -0.39 is 0 Å². The van der Waals surface area contributed by atoms with Crippen molar-refractivity contribution in [3.8, 4) is 0 Å². The smallest absolute Gasteiger partial charge is 0.0623 e. The molecule has 2 heteroatoms. The fourth-order valence-electron chi connectivity index (χ4n) is 0.483. The summed E-state index contributed by atoms with van der Waals surface area (Å²) >= 11 is 0. The number of rotatable bonds is 1. The second kappa shape index (κ2) is 2.33. The van der Waals surface area contributed by atoms with E-state index in [4.69, 9.17) is 7.21 Å². The van der Waals surface area contributed by atoms with Gasteiger partial charge in [-0.25, -0.2) is 0 Å². The van der Waals surface area contributed by atoms with Crippen molar-refractivity contribution in [3.05, 3.63) is 30.3 Å². The molecule has 1 aromatic rings. The first-order chi connectivity index (χ1) is 4.33. The fourth-order valence-corrected chi connectivity index (χ4v) is 0.483. The van der Waals surface area contributed by atoms with Crippen LogP contribution in [-0.2, 0) is 0 Å². The Kier molecular flexibility index (Phi) is 1.14. The average Bonchev–Trinajstić information content (AvgIpc) is 1.90. The molecule has 0 aliphatic carbocycles. The van der Waals surface area contributed by atoms with Gasteiger partial charge in [-0.2, -0.15) is 0 Å². The number of anilines is 1. The Bertz CT molecular complexity index is 183. The minimum atomic E-state index is 0.494. The molecular weight excluding hydrogens is 100 g/mol. The van der Waals surface area contributed by atoms with E-state index in [0.717, 1.165) is 5.69 Å². The van der Waals surface area contributed by atoms with Gasteiger partial charge in [-0.05, 0) is 12.1 Å². The zero-order chi connectivity index (χ0) is 6.69. The Labute approximate surface area is 49.7 Å². The summed E-state index contributed by atoms with van der Waals surface area (Å²) in [7, 11) is 0. The van der Waals surface area contributed by atoms with Gasteiger partial charge < -0.3 is 5.43 Å². The molecule has 0 radical (unpaired) electrons. The first-order valence-corrected chi connectivity index (χ1v) is 2.36. The number of benzene rings is 1. The molecular formula is C6H8N2. The quantitative estimate of drug-likeness (QED) is 0.416. The molecule has 0 spiro atoms. The standard InChI is InChI=1S/C6H8N2/c7-8-6-4-2-1-3-5-6/h1-5,8H,7H2/i1D. The average molecular weight is 109 g/mol.